The highest BCUT2D eigenvalue weighted by atomic mass is 79.9. The Kier molecular flexibility index (Phi) is 7.59. The summed E-state index contributed by atoms with van der Waals surface area (Å²) in [6.07, 6.45) is 0. The molecule has 0 radical (unpaired) electrons. The second-order valence-electron chi connectivity index (χ2n) is 5.99. The van der Waals surface area contributed by atoms with Crippen molar-refractivity contribution in [1.82, 2.24) is 9.88 Å². The highest BCUT2D eigenvalue weighted by molar-refractivity contribution is 9.10. The van der Waals surface area contributed by atoms with Crippen molar-refractivity contribution in [2.75, 3.05) is 32.1 Å². The van der Waals surface area contributed by atoms with Gasteiger partial charge in [0.1, 0.15) is 5.82 Å². The number of rotatable bonds is 5. The van der Waals surface area contributed by atoms with Crippen molar-refractivity contribution in [2.45, 2.75) is 0 Å². The Labute approximate surface area is 180 Å². The molecule has 0 aliphatic carbocycles. The third kappa shape index (κ3) is 5.18. The van der Waals surface area contributed by atoms with E-state index in [-0.39, 0.29) is 28.9 Å². The Morgan fingerprint density at radius 1 is 1.22 bits per heavy atom. The summed E-state index contributed by atoms with van der Waals surface area (Å²) in [5.41, 5.74) is 1.08. The molecule has 0 saturated carbocycles. The minimum Gasteiger partial charge on any atom is -0.308 e. The Morgan fingerprint density at radius 3 is 2.63 bits per heavy atom. The zero-order chi connectivity index (χ0) is 18.8. The second kappa shape index (κ2) is 9.30. The van der Waals surface area contributed by atoms with Crippen molar-refractivity contribution in [2.24, 2.45) is 0 Å². The number of hydrogen-bond donors (Lipinski definition) is 0. The molecular weight excluding hydrogens is 476 g/mol. The summed E-state index contributed by atoms with van der Waals surface area (Å²) in [7, 11) is 3.87. The van der Waals surface area contributed by atoms with Crippen LogP contribution in [0.15, 0.2) is 40.9 Å². The summed E-state index contributed by atoms with van der Waals surface area (Å²) in [5.74, 6) is -0.772. The van der Waals surface area contributed by atoms with E-state index < -0.39 is 5.82 Å². The molecule has 27 heavy (non-hydrogen) atoms. The van der Waals surface area contributed by atoms with E-state index in [9.17, 15) is 9.18 Å². The van der Waals surface area contributed by atoms with Crippen molar-refractivity contribution in [3.8, 4) is 0 Å². The van der Waals surface area contributed by atoms with Gasteiger partial charge in [-0.2, -0.15) is 0 Å². The summed E-state index contributed by atoms with van der Waals surface area (Å²) in [6, 6.07) is 9.57. The lowest BCUT2D eigenvalue weighted by atomic mass is 10.2. The molecule has 0 N–H and O–H groups in total. The number of benzene rings is 2. The Morgan fingerprint density at radius 2 is 1.96 bits per heavy atom. The Bertz CT molecular complexity index is 967. The number of nitrogens with zero attached hydrogens (tertiary/aromatic N) is 3. The monoisotopic (exact) mass is 491 g/mol. The van der Waals surface area contributed by atoms with Crippen molar-refractivity contribution in [3.63, 3.8) is 0 Å². The maximum absolute atomic E-state index is 13.3. The quantitative estimate of drug-likeness (QED) is 0.473. The average molecular weight is 493 g/mol. The van der Waals surface area contributed by atoms with Crippen molar-refractivity contribution >= 4 is 72.5 Å². The molecule has 0 fully saturated rings. The first-order valence-corrected chi connectivity index (χ1v) is 9.81. The number of amides is 1. The number of anilines is 1. The van der Waals surface area contributed by atoms with E-state index in [2.05, 4.69) is 20.9 Å². The Balaban J connectivity index is 0.00000261. The van der Waals surface area contributed by atoms with E-state index in [1.165, 1.54) is 23.5 Å². The van der Waals surface area contributed by atoms with Crippen LogP contribution in [-0.4, -0.2) is 43.0 Å². The third-order valence-electron chi connectivity index (χ3n) is 3.75. The standard InChI is InChI=1S/C18H16BrClFN3OS.ClH/c1-23(2)7-8-24(17(25)13-5-4-12(21)10-14(13)20)18-22-15-6-3-11(19)9-16(15)26-18;/h3-6,9-10H,7-8H2,1-2H3;1H. The van der Waals surface area contributed by atoms with E-state index >= 15 is 0 Å². The molecule has 0 atom stereocenters. The minimum absolute atomic E-state index is 0. The number of aromatic nitrogens is 1. The predicted molar refractivity (Wildman–Crippen MR) is 116 cm³/mol. The van der Waals surface area contributed by atoms with Crippen LogP contribution in [0.2, 0.25) is 5.02 Å². The van der Waals surface area contributed by atoms with Gasteiger partial charge in [-0.3, -0.25) is 9.69 Å². The van der Waals surface area contributed by atoms with E-state index in [1.54, 1.807) is 4.90 Å². The lowest BCUT2D eigenvalue weighted by Gasteiger charge is -2.22. The summed E-state index contributed by atoms with van der Waals surface area (Å²) in [6.45, 7) is 1.10. The topological polar surface area (TPSA) is 36.4 Å². The van der Waals surface area contributed by atoms with E-state index in [0.29, 0.717) is 18.2 Å². The maximum atomic E-state index is 13.3. The first-order chi connectivity index (χ1) is 12.3. The van der Waals surface area contributed by atoms with Crippen molar-refractivity contribution in [1.29, 1.82) is 0 Å². The minimum atomic E-state index is -0.476. The molecule has 1 amide bonds. The van der Waals surface area contributed by atoms with Crippen LogP contribution in [0.25, 0.3) is 10.2 Å². The van der Waals surface area contributed by atoms with Gasteiger partial charge in [0.2, 0.25) is 0 Å². The third-order valence-corrected chi connectivity index (χ3v) is 5.59. The second-order valence-corrected chi connectivity index (χ2v) is 8.32. The van der Waals surface area contributed by atoms with E-state index in [0.717, 1.165) is 20.8 Å². The summed E-state index contributed by atoms with van der Waals surface area (Å²) >= 11 is 11.0. The molecule has 9 heteroatoms. The smallest absolute Gasteiger partial charge is 0.261 e. The lowest BCUT2D eigenvalue weighted by Crippen LogP contribution is -2.36. The number of hydrogen-bond acceptors (Lipinski definition) is 4. The van der Waals surface area contributed by atoms with Crippen LogP contribution in [0.4, 0.5) is 9.52 Å². The van der Waals surface area contributed by atoms with Gasteiger partial charge in [-0.1, -0.05) is 38.9 Å². The number of carbonyl (C=O) groups is 1. The van der Waals surface area contributed by atoms with Crippen LogP contribution in [0.3, 0.4) is 0 Å². The molecule has 144 valence electrons. The fourth-order valence-electron chi connectivity index (χ4n) is 2.39. The molecule has 0 saturated heterocycles. The molecule has 0 bridgehead atoms. The van der Waals surface area contributed by atoms with Gasteiger partial charge in [0.05, 0.1) is 20.8 Å². The van der Waals surface area contributed by atoms with Crippen LogP contribution in [0.1, 0.15) is 10.4 Å². The van der Waals surface area contributed by atoms with E-state index in [1.807, 2.05) is 37.2 Å². The van der Waals surface area contributed by atoms with Crippen LogP contribution < -0.4 is 4.90 Å². The fraction of sp³-hybridized carbons (Fsp3) is 0.222. The highest BCUT2D eigenvalue weighted by Crippen LogP contribution is 2.32. The zero-order valence-electron chi connectivity index (χ0n) is 14.6. The van der Waals surface area contributed by atoms with Crippen LogP contribution in [-0.2, 0) is 0 Å². The van der Waals surface area contributed by atoms with E-state index in [4.69, 9.17) is 11.6 Å². The van der Waals surface area contributed by atoms with Gasteiger partial charge in [-0.05, 0) is 50.5 Å². The molecule has 1 heterocycles. The number of carbonyl (C=O) groups excluding carboxylic acids is 1. The van der Waals surface area contributed by atoms with Crippen molar-refractivity contribution < 1.29 is 9.18 Å². The molecule has 0 aliphatic heterocycles. The summed E-state index contributed by atoms with van der Waals surface area (Å²) in [4.78, 5) is 21.3. The SMILES string of the molecule is CN(C)CCN(C(=O)c1ccc(F)cc1Cl)c1nc2ccc(Br)cc2s1.Cl. The average Bonchev–Trinajstić information content (AvgIpc) is 2.97. The maximum Gasteiger partial charge on any atom is 0.261 e. The molecule has 3 rings (SSSR count). The summed E-state index contributed by atoms with van der Waals surface area (Å²) < 4.78 is 15.3. The zero-order valence-corrected chi connectivity index (χ0v) is 18.6. The number of halogens is 4. The predicted octanol–water partition coefficient (Wildman–Crippen LogP) is 5.48. The molecule has 4 nitrogen and oxygen atoms in total. The normalized spacial score (nSPS) is 10.9. The van der Waals surface area contributed by atoms with Crippen molar-refractivity contribution in [3.05, 3.63) is 57.3 Å². The number of thiazole rings is 1. The molecule has 0 spiro atoms. The van der Waals surface area contributed by atoms with Crippen LogP contribution >= 0.6 is 51.3 Å². The molecule has 1 aromatic heterocycles. The molecule has 0 unspecified atom stereocenters. The van der Waals surface area contributed by atoms with Gasteiger partial charge >= 0.3 is 0 Å². The van der Waals surface area contributed by atoms with Gasteiger partial charge in [-0.25, -0.2) is 9.37 Å². The molecule has 3 aromatic rings. The first-order valence-electron chi connectivity index (χ1n) is 7.83. The van der Waals surface area contributed by atoms with Crippen LogP contribution in [0.5, 0.6) is 0 Å². The largest absolute Gasteiger partial charge is 0.308 e. The number of fused-ring (bicyclic) bond motifs is 1. The molecule has 2 aromatic carbocycles. The Hall–Kier alpha value is -1.25. The van der Waals surface area contributed by atoms with Gasteiger partial charge in [0.15, 0.2) is 5.13 Å². The molecular formula is C18H17BrCl2FN3OS. The number of likely N-dealkylation sites (N-methyl/N-ethyl adjacent to an activating group) is 1. The van der Waals surface area contributed by atoms with Gasteiger partial charge in [-0.15, -0.1) is 12.4 Å². The first kappa shape index (κ1) is 22.0. The van der Waals surface area contributed by atoms with Gasteiger partial charge < -0.3 is 4.90 Å². The van der Waals surface area contributed by atoms with Gasteiger partial charge in [0.25, 0.3) is 5.91 Å². The highest BCUT2D eigenvalue weighted by Gasteiger charge is 2.23. The fourth-order valence-corrected chi connectivity index (χ4v) is 4.18. The molecule has 0 aliphatic rings. The van der Waals surface area contributed by atoms with Gasteiger partial charge in [0, 0.05) is 17.6 Å². The van der Waals surface area contributed by atoms with Crippen LogP contribution in [0, 0.1) is 5.82 Å². The summed E-state index contributed by atoms with van der Waals surface area (Å²) in [5, 5.41) is 0.680. The lowest BCUT2D eigenvalue weighted by molar-refractivity contribution is 0.0985.